The Balaban J connectivity index is 2.14. The Labute approximate surface area is 90.4 Å². The van der Waals surface area contributed by atoms with Crippen LogP contribution in [-0.4, -0.2) is 9.55 Å². The monoisotopic (exact) mass is 226 g/mol. The highest BCUT2D eigenvalue weighted by atomic mass is 19.4. The molecule has 0 saturated carbocycles. The highest BCUT2D eigenvalue weighted by Crippen LogP contribution is 2.29. The number of rotatable bonds is 2. The van der Waals surface area contributed by atoms with E-state index in [0.29, 0.717) is 6.54 Å². The predicted octanol–water partition coefficient (Wildman–Crippen LogP) is 2.95. The molecule has 16 heavy (non-hydrogen) atoms. The van der Waals surface area contributed by atoms with Gasteiger partial charge in [-0.25, -0.2) is 4.98 Å². The third-order valence-electron chi connectivity index (χ3n) is 2.21. The number of benzene rings is 1. The van der Waals surface area contributed by atoms with Crippen LogP contribution in [0.2, 0.25) is 0 Å². The minimum atomic E-state index is -4.27. The molecule has 0 unspecified atom stereocenters. The molecular weight excluding hydrogens is 217 g/mol. The first kappa shape index (κ1) is 10.7. The number of hydrogen-bond acceptors (Lipinski definition) is 1. The van der Waals surface area contributed by atoms with Crippen molar-refractivity contribution in [2.75, 3.05) is 0 Å². The summed E-state index contributed by atoms with van der Waals surface area (Å²) >= 11 is 0. The summed E-state index contributed by atoms with van der Waals surface area (Å²) in [5.41, 5.74) is 0.188. The molecule has 1 aromatic heterocycles. The zero-order chi connectivity index (χ0) is 11.6. The Morgan fingerprint density at radius 3 is 2.31 bits per heavy atom. The van der Waals surface area contributed by atoms with Crippen molar-refractivity contribution < 1.29 is 13.2 Å². The number of hydrogen-bond donors (Lipinski definition) is 0. The van der Waals surface area contributed by atoms with Gasteiger partial charge < -0.3 is 4.57 Å². The van der Waals surface area contributed by atoms with Gasteiger partial charge in [0.1, 0.15) is 0 Å². The lowest BCUT2D eigenvalue weighted by Gasteiger charge is -2.07. The lowest BCUT2D eigenvalue weighted by atomic mass is 10.1. The Bertz CT molecular complexity index is 443. The van der Waals surface area contributed by atoms with Gasteiger partial charge in [-0.05, 0) is 17.7 Å². The summed E-state index contributed by atoms with van der Waals surface area (Å²) < 4.78 is 38.6. The fourth-order valence-corrected chi connectivity index (χ4v) is 1.39. The second kappa shape index (κ2) is 4.00. The molecule has 84 valence electrons. The van der Waals surface area contributed by atoms with Gasteiger partial charge in [-0.15, -0.1) is 0 Å². The zero-order valence-electron chi connectivity index (χ0n) is 8.28. The van der Waals surface area contributed by atoms with Gasteiger partial charge in [0.25, 0.3) is 0 Å². The van der Waals surface area contributed by atoms with Crippen LogP contribution in [0.1, 0.15) is 11.1 Å². The number of halogens is 3. The van der Waals surface area contributed by atoms with Crippen LogP contribution in [0, 0.1) is 0 Å². The lowest BCUT2D eigenvalue weighted by molar-refractivity contribution is -0.137. The van der Waals surface area contributed by atoms with Crippen LogP contribution >= 0.6 is 0 Å². The highest BCUT2D eigenvalue weighted by molar-refractivity contribution is 5.24. The molecule has 1 heterocycles. The Hall–Kier alpha value is -1.78. The van der Waals surface area contributed by atoms with Gasteiger partial charge in [-0.2, -0.15) is 13.2 Å². The van der Waals surface area contributed by atoms with Crippen LogP contribution in [0.3, 0.4) is 0 Å². The number of nitrogens with zero attached hydrogens (tertiary/aromatic N) is 2. The van der Waals surface area contributed by atoms with E-state index in [9.17, 15) is 13.2 Å². The summed E-state index contributed by atoms with van der Waals surface area (Å²) in [6, 6.07) is 5.13. The minimum Gasteiger partial charge on any atom is -0.333 e. The minimum absolute atomic E-state index is 0.526. The van der Waals surface area contributed by atoms with Gasteiger partial charge in [0.15, 0.2) is 0 Å². The van der Waals surface area contributed by atoms with Crippen molar-refractivity contribution in [2.24, 2.45) is 0 Å². The maximum Gasteiger partial charge on any atom is 0.416 e. The van der Waals surface area contributed by atoms with E-state index in [1.807, 2.05) is 0 Å². The zero-order valence-corrected chi connectivity index (χ0v) is 8.28. The predicted molar refractivity (Wildman–Crippen MR) is 52.8 cm³/mol. The normalized spacial score (nSPS) is 11.7. The molecule has 0 aliphatic heterocycles. The van der Waals surface area contributed by atoms with E-state index in [1.165, 1.54) is 12.1 Å². The average Bonchev–Trinajstić information content (AvgIpc) is 2.70. The molecule has 5 heteroatoms. The lowest BCUT2D eigenvalue weighted by Crippen LogP contribution is -2.05. The van der Waals surface area contributed by atoms with Crippen molar-refractivity contribution in [3.63, 3.8) is 0 Å². The largest absolute Gasteiger partial charge is 0.416 e. The smallest absolute Gasteiger partial charge is 0.333 e. The molecule has 0 radical (unpaired) electrons. The van der Waals surface area contributed by atoms with Crippen LogP contribution in [0.4, 0.5) is 13.2 Å². The molecule has 0 bridgehead atoms. The van der Waals surface area contributed by atoms with Crippen LogP contribution in [0.15, 0.2) is 43.0 Å². The fourth-order valence-electron chi connectivity index (χ4n) is 1.39. The number of alkyl halides is 3. The number of aromatic nitrogens is 2. The van der Waals surface area contributed by atoms with Gasteiger partial charge in [0, 0.05) is 18.9 Å². The maximum atomic E-state index is 12.3. The van der Waals surface area contributed by atoms with Crippen molar-refractivity contribution >= 4 is 0 Å². The van der Waals surface area contributed by atoms with Crippen LogP contribution in [0.5, 0.6) is 0 Å². The molecule has 0 atom stereocenters. The average molecular weight is 226 g/mol. The standard InChI is InChI=1S/C11H9F3N2/c12-11(13,14)10-3-1-9(2-4-10)7-16-6-5-15-8-16/h1-6,8H,7H2. The van der Waals surface area contributed by atoms with Crippen molar-refractivity contribution in [3.05, 3.63) is 54.1 Å². The quantitative estimate of drug-likeness (QED) is 0.769. The van der Waals surface area contributed by atoms with Gasteiger partial charge in [-0.3, -0.25) is 0 Å². The van der Waals surface area contributed by atoms with Crippen molar-refractivity contribution in [1.82, 2.24) is 9.55 Å². The van der Waals surface area contributed by atoms with E-state index in [2.05, 4.69) is 4.98 Å². The molecular formula is C11H9F3N2. The molecule has 0 spiro atoms. The first-order chi connectivity index (χ1) is 7.55. The molecule has 0 fully saturated rings. The highest BCUT2D eigenvalue weighted by Gasteiger charge is 2.29. The second-order valence-corrected chi connectivity index (χ2v) is 3.43. The molecule has 0 aliphatic rings. The molecule has 0 saturated heterocycles. The molecule has 0 aliphatic carbocycles. The van der Waals surface area contributed by atoms with Crippen LogP contribution in [0.25, 0.3) is 0 Å². The summed E-state index contributed by atoms with van der Waals surface area (Å²) in [7, 11) is 0. The van der Waals surface area contributed by atoms with E-state index in [1.54, 1.807) is 23.3 Å². The summed E-state index contributed by atoms with van der Waals surface area (Å²) in [5, 5.41) is 0. The fraction of sp³-hybridized carbons (Fsp3) is 0.182. The Kier molecular flexibility index (Phi) is 2.68. The molecule has 0 amide bonds. The summed E-state index contributed by atoms with van der Waals surface area (Å²) in [4.78, 5) is 3.86. The van der Waals surface area contributed by atoms with Gasteiger partial charge in [0.2, 0.25) is 0 Å². The molecule has 2 nitrogen and oxygen atoms in total. The Morgan fingerprint density at radius 2 is 1.81 bits per heavy atom. The van der Waals surface area contributed by atoms with E-state index < -0.39 is 11.7 Å². The van der Waals surface area contributed by atoms with E-state index in [-0.39, 0.29) is 0 Å². The van der Waals surface area contributed by atoms with Crippen molar-refractivity contribution in [3.8, 4) is 0 Å². The van der Waals surface area contributed by atoms with Crippen LogP contribution < -0.4 is 0 Å². The van der Waals surface area contributed by atoms with E-state index >= 15 is 0 Å². The maximum absolute atomic E-state index is 12.3. The SMILES string of the molecule is FC(F)(F)c1ccc(Cn2ccnc2)cc1. The van der Waals surface area contributed by atoms with E-state index in [0.717, 1.165) is 17.7 Å². The molecule has 2 rings (SSSR count). The molecule has 1 aromatic carbocycles. The van der Waals surface area contributed by atoms with Gasteiger partial charge in [-0.1, -0.05) is 12.1 Å². The Morgan fingerprint density at radius 1 is 1.12 bits per heavy atom. The van der Waals surface area contributed by atoms with E-state index in [4.69, 9.17) is 0 Å². The first-order valence-electron chi connectivity index (χ1n) is 4.67. The summed E-state index contributed by atoms with van der Waals surface area (Å²) in [6.45, 7) is 0.526. The van der Waals surface area contributed by atoms with Crippen LogP contribution in [-0.2, 0) is 12.7 Å². The summed E-state index contributed by atoms with van der Waals surface area (Å²) in [5.74, 6) is 0. The van der Waals surface area contributed by atoms with Gasteiger partial charge >= 0.3 is 6.18 Å². The third kappa shape index (κ3) is 2.42. The topological polar surface area (TPSA) is 17.8 Å². The first-order valence-corrected chi connectivity index (χ1v) is 4.67. The molecule has 0 N–H and O–H groups in total. The molecule has 2 aromatic rings. The van der Waals surface area contributed by atoms with Crippen molar-refractivity contribution in [2.45, 2.75) is 12.7 Å². The number of imidazole rings is 1. The van der Waals surface area contributed by atoms with Crippen molar-refractivity contribution in [1.29, 1.82) is 0 Å². The second-order valence-electron chi connectivity index (χ2n) is 3.43. The van der Waals surface area contributed by atoms with Gasteiger partial charge in [0.05, 0.1) is 11.9 Å². The summed E-state index contributed by atoms with van der Waals surface area (Å²) in [6.07, 6.45) is 0.743. The third-order valence-corrected chi connectivity index (χ3v) is 2.21.